The zero-order chi connectivity index (χ0) is 28.6. The number of carbonyl (C=O) groups is 1. The van der Waals surface area contributed by atoms with Gasteiger partial charge in [0, 0.05) is 55.9 Å². The molecule has 2 atom stereocenters. The second kappa shape index (κ2) is 11.4. The molecular formula is C29H33N7O4S. The van der Waals surface area contributed by atoms with Crippen LogP contribution in [0.4, 0.5) is 9.93 Å². The van der Waals surface area contributed by atoms with E-state index in [1.807, 2.05) is 25.3 Å². The summed E-state index contributed by atoms with van der Waals surface area (Å²) < 4.78 is 12.0. The molecule has 1 aromatic carbocycles. The number of carbonyl (C=O) groups excluding carboxylic acids is 1. The zero-order valence-corrected chi connectivity index (χ0v) is 24.1. The Labute approximate surface area is 242 Å². The summed E-state index contributed by atoms with van der Waals surface area (Å²) in [6.45, 7) is 9.52. The standard InChI is InChI=1S/C29H33N7O4S/c1-4-30-27(37)35-28-34-24-9-20(21-10-32-26(33-11-21)29(38)15-39-16-29)8-22(25(24)41-28)23-7-19(5-6-31-23)14-36-12-17(2)40-18(3)13-36/h5-11,17-18,38H,4,12-16H2,1-3H3,(H2,30,34,35,37)/t17-,18?/m1/s1. The minimum atomic E-state index is -1.14. The third kappa shape index (κ3) is 5.92. The summed E-state index contributed by atoms with van der Waals surface area (Å²) in [5.74, 6) is 0.344. The van der Waals surface area contributed by atoms with Crippen LogP contribution in [0.2, 0.25) is 0 Å². The van der Waals surface area contributed by atoms with Crippen LogP contribution in [0.5, 0.6) is 0 Å². The topological polar surface area (TPSA) is 135 Å². The largest absolute Gasteiger partial charge is 0.377 e. The van der Waals surface area contributed by atoms with Crippen LogP contribution in [0.1, 0.15) is 32.2 Å². The number of aromatic nitrogens is 4. The number of thiazole rings is 1. The van der Waals surface area contributed by atoms with Gasteiger partial charge in [-0.15, -0.1) is 0 Å². The number of nitrogens with zero attached hydrogens (tertiary/aromatic N) is 5. The predicted molar refractivity (Wildman–Crippen MR) is 157 cm³/mol. The van der Waals surface area contributed by atoms with Crippen molar-refractivity contribution in [3.05, 3.63) is 54.2 Å². The van der Waals surface area contributed by atoms with Crippen LogP contribution >= 0.6 is 11.3 Å². The Morgan fingerprint density at radius 2 is 1.88 bits per heavy atom. The van der Waals surface area contributed by atoms with E-state index in [9.17, 15) is 9.90 Å². The average molecular weight is 576 g/mol. The van der Waals surface area contributed by atoms with Crippen LogP contribution < -0.4 is 10.6 Å². The second-order valence-electron chi connectivity index (χ2n) is 10.7. The van der Waals surface area contributed by atoms with Crippen LogP contribution in [-0.4, -0.2) is 81.0 Å². The molecule has 6 rings (SSSR count). The summed E-state index contributed by atoms with van der Waals surface area (Å²) in [5.41, 5.74) is 4.10. The number of pyridine rings is 1. The van der Waals surface area contributed by atoms with Crippen LogP contribution in [0, 0.1) is 0 Å². The first-order chi connectivity index (χ1) is 19.8. The van der Waals surface area contributed by atoms with Gasteiger partial charge in [-0.2, -0.15) is 0 Å². The van der Waals surface area contributed by atoms with Gasteiger partial charge >= 0.3 is 6.03 Å². The monoisotopic (exact) mass is 575 g/mol. The number of fused-ring (bicyclic) bond motifs is 1. The number of hydrogen-bond donors (Lipinski definition) is 3. The van der Waals surface area contributed by atoms with Crippen LogP contribution in [-0.2, 0) is 21.6 Å². The Kier molecular flexibility index (Phi) is 7.66. The molecule has 5 heterocycles. The van der Waals surface area contributed by atoms with Crippen molar-refractivity contribution in [1.29, 1.82) is 0 Å². The van der Waals surface area contributed by atoms with Crippen LogP contribution in [0.15, 0.2) is 42.9 Å². The number of nitrogens with one attached hydrogen (secondary N) is 2. The minimum Gasteiger partial charge on any atom is -0.377 e. The van der Waals surface area contributed by atoms with E-state index in [4.69, 9.17) is 19.4 Å². The van der Waals surface area contributed by atoms with E-state index in [0.717, 1.165) is 57.8 Å². The summed E-state index contributed by atoms with van der Waals surface area (Å²) in [6, 6.07) is 7.88. The zero-order valence-electron chi connectivity index (χ0n) is 23.3. The first-order valence-electron chi connectivity index (χ1n) is 13.7. The maximum absolute atomic E-state index is 12.2. The molecule has 2 aliphatic rings. The summed E-state index contributed by atoms with van der Waals surface area (Å²) in [5, 5.41) is 16.6. The number of amides is 2. The molecule has 2 saturated heterocycles. The lowest BCUT2D eigenvalue weighted by Gasteiger charge is -2.35. The summed E-state index contributed by atoms with van der Waals surface area (Å²) in [7, 11) is 0. The fraction of sp³-hybridized carbons (Fsp3) is 0.414. The van der Waals surface area contributed by atoms with Gasteiger partial charge in [0.1, 0.15) is 0 Å². The molecule has 2 aliphatic heterocycles. The molecule has 2 fully saturated rings. The number of aliphatic hydroxyl groups is 1. The summed E-state index contributed by atoms with van der Waals surface area (Å²) in [4.78, 5) is 33.0. The van der Waals surface area contributed by atoms with Crippen molar-refractivity contribution in [3.63, 3.8) is 0 Å². The Balaban J connectivity index is 1.37. The smallest absolute Gasteiger partial charge is 0.321 e. The lowest BCUT2D eigenvalue weighted by molar-refractivity contribution is -0.189. The number of urea groups is 1. The highest BCUT2D eigenvalue weighted by Crippen LogP contribution is 2.38. The quantitative estimate of drug-likeness (QED) is 0.301. The van der Waals surface area contributed by atoms with Gasteiger partial charge in [-0.1, -0.05) is 11.3 Å². The molecule has 1 unspecified atom stereocenters. The Morgan fingerprint density at radius 3 is 2.56 bits per heavy atom. The number of hydrogen-bond acceptors (Lipinski definition) is 10. The SMILES string of the molecule is CCNC(=O)Nc1nc2cc(-c3cnc(C4(O)COC4)nc3)cc(-c3cc(CN4CC(C)O[C@H](C)C4)ccn3)c2s1. The highest BCUT2D eigenvalue weighted by molar-refractivity contribution is 7.22. The van der Waals surface area contributed by atoms with Crippen molar-refractivity contribution >= 4 is 32.7 Å². The summed E-state index contributed by atoms with van der Waals surface area (Å²) in [6.07, 6.45) is 5.62. The van der Waals surface area contributed by atoms with E-state index in [-0.39, 0.29) is 31.5 Å². The van der Waals surface area contributed by atoms with Gasteiger partial charge in [-0.05, 0) is 56.2 Å². The van der Waals surface area contributed by atoms with E-state index in [1.165, 1.54) is 11.3 Å². The highest BCUT2D eigenvalue weighted by Gasteiger charge is 2.40. The molecule has 3 N–H and O–H groups in total. The van der Waals surface area contributed by atoms with Crippen molar-refractivity contribution in [2.24, 2.45) is 0 Å². The molecule has 0 bridgehead atoms. The van der Waals surface area contributed by atoms with Gasteiger partial charge in [0.25, 0.3) is 0 Å². The Bertz CT molecular complexity index is 1550. The molecule has 11 nitrogen and oxygen atoms in total. The summed E-state index contributed by atoms with van der Waals surface area (Å²) >= 11 is 1.41. The fourth-order valence-corrected chi connectivity index (χ4v) is 6.24. The van der Waals surface area contributed by atoms with E-state index in [2.05, 4.69) is 51.5 Å². The molecule has 0 aliphatic carbocycles. The lowest BCUT2D eigenvalue weighted by Crippen LogP contribution is -2.47. The average Bonchev–Trinajstić information content (AvgIpc) is 3.33. The van der Waals surface area contributed by atoms with Crippen molar-refractivity contribution in [1.82, 2.24) is 30.2 Å². The molecule has 214 valence electrons. The minimum absolute atomic E-state index is 0.187. The van der Waals surface area contributed by atoms with E-state index in [0.29, 0.717) is 17.5 Å². The second-order valence-corrected chi connectivity index (χ2v) is 11.7. The van der Waals surface area contributed by atoms with E-state index in [1.54, 1.807) is 12.4 Å². The fourth-order valence-electron chi connectivity index (χ4n) is 5.28. The predicted octanol–water partition coefficient (Wildman–Crippen LogP) is 3.78. The van der Waals surface area contributed by atoms with Crippen molar-refractivity contribution < 1.29 is 19.4 Å². The first kappa shape index (κ1) is 27.6. The van der Waals surface area contributed by atoms with E-state index >= 15 is 0 Å². The van der Waals surface area contributed by atoms with Gasteiger partial charge in [0.15, 0.2) is 16.6 Å². The Hall–Kier alpha value is -3.55. The highest BCUT2D eigenvalue weighted by atomic mass is 32.1. The normalized spacial score (nSPS) is 20.5. The first-order valence-corrected chi connectivity index (χ1v) is 14.6. The van der Waals surface area contributed by atoms with E-state index < -0.39 is 5.60 Å². The van der Waals surface area contributed by atoms with Gasteiger partial charge in [0.05, 0.1) is 41.3 Å². The maximum Gasteiger partial charge on any atom is 0.321 e. The number of ether oxygens (including phenoxy) is 2. The van der Waals surface area contributed by atoms with Gasteiger partial charge in [-0.25, -0.2) is 19.7 Å². The molecule has 0 radical (unpaired) electrons. The third-order valence-electron chi connectivity index (χ3n) is 7.13. The molecule has 0 spiro atoms. The molecular weight excluding hydrogens is 542 g/mol. The van der Waals surface area contributed by atoms with Crippen molar-refractivity contribution in [3.8, 4) is 22.4 Å². The van der Waals surface area contributed by atoms with Crippen molar-refractivity contribution in [2.45, 2.75) is 45.1 Å². The third-order valence-corrected chi connectivity index (χ3v) is 8.15. The molecule has 0 saturated carbocycles. The van der Waals surface area contributed by atoms with Crippen molar-refractivity contribution in [2.75, 3.05) is 38.2 Å². The number of rotatable bonds is 7. The molecule has 12 heteroatoms. The molecule has 2 amide bonds. The molecule has 3 aromatic heterocycles. The Morgan fingerprint density at radius 1 is 1.12 bits per heavy atom. The van der Waals surface area contributed by atoms with Crippen LogP contribution in [0.3, 0.4) is 0 Å². The lowest BCUT2D eigenvalue weighted by atomic mass is 10.00. The van der Waals surface area contributed by atoms with Crippen LogP contribution in [0.25, 0.3) is 32.6 Å². The number of anilines is 1. The van der Waals surface area contributed by atoms with Gasteiger partial charge < -0.3 is 19.9 Å². The van der Waals surface area contributed by atoms with Gasteiger partial charge in [-0.3, -0.25) is 15.2 Å². The number of benzene rings is 1. The molecule has 41 heavy (non-hydrogen) atoms. The number of morpholine rings is 1. The maximum atomic E-state index is 12.2. The molecule has 4 aromatic rings. The van der Waals surface area contributed by atoms with Gasteiger partial charge in [0.2, 0.25) is 0 Å².